The zero-order chi connectivity index (χ0) is 16.1. The summed E-state index contributed by atoms with van der Waals surface area (Å²) in [6, 6.07) is 10.2. The second-order valence-corrected chi connectivity index (χ2v) is 5.79. The summed E-state index contributed by atoms with van der Waals surface area (Å²) >= 11 is 11.8. The topological polar surface area (TPSA) is 42.3 Å². The monoisotopic (exact) mass is 338 g/mol. The molecule has 1 heterocycles. The molecule has 2 rings (SSSR count). The van der Waals surface area contributed by atoms with Crippen molar-refractivity contribution in [2.45, 2.75) is 19.5 Å². The number of aryl methyl sites for hydroxylation is 1. The van der Waals surface area contributed by atoms with Gasteiger partial charge in [0.1, 0.15) is 0 Å². The van der Waals surface area contributed by atoms with Crippen LogP contribution in [0.4, 0.5) is 0 Å². The minimum atomic E-state index is -0.109. The molecule has 0 radical (unpaired) electrons. The predicted molar refractivity (Wildman–Crippen MR) is 88.3 cm³/mol. The normalized spacial score (nSPS) is 10.5. The quantitative estimate of drug-likeness (QED) is 0.840. The minimum absolute atomic E-state index is 0.0400. The summed E-state index contributed by atoms with van der Waals surface area (Å²) in [5.41, 5.74) is 0.796. The van der Waals surface area contributed by atoms with Crippen LogP contribution in [-0.4, -0.2) is 22.4 Å². The fourth-order valence-electron chi connectivity index (χ4n) is 2.05. The Hall–Kier alpha value is -1.78. The van der Waals surface area contributed by atoms with Gasteiger partial charge in [0.05, 0.1) is 10.0 Å². The summed E-state index contributed by atoms with van der Waals surface area (Å²) in [6.45, 7) is 0.809. The van der Waals surface area contributed by atoms with Gasteiger partial charge in [-0.2, -0.15) is 0 Å². The Morgan fingerprint density at radius 2 is 1.95 bits per heavy atom. The van der Waals surface area contributed by atoms with Crippen LogP contribution in [0.2, 0.25) is 10.0 Å². The second-order valence-electron chi connectivity index (χ2n) is 4.98. The maximum absolute atomic E-state index is 12.1. The molecule has 1 aromatic heterocycles. The van der Waals surface area contributed by atoms with Crippen LogP contribution >= 0.6 is 23.2 Å². The van der Waals surface area contributed by atoms with Crippen molar-refractivity contribution in [3.63, 3.8) is 0 Å². The van der Waals surface area contributed by atoms with Gasteiger partial charge in [-0.05, 0) is 23.8 Å². The molecule has 0 spiro atoms. The molecule has 2 aromatic rings. The van der Waals surface area contributed by atoms with Crippen molar-refractivity contribution < 1.29 is 4.79 Å². The lowest BCUT2D eigenvalue weighted by atomic mass is 10.2. The Bertz CT molecular complexity index is 728. The molecule has 4 nitrogen and oxygen atoms in total. The third kappa shape index (κ3) is 4.36. The van der Waals surface area contributed by atoms with Crippen molar-refractivity contribution in [1.29, 1.82) is 0 Å². The van der Waals surface area contributed by atoms with Gasteiger partial charge >= 0.3 is 0 Å². The molecule has 0 unspecified atom stereocenters. The first-order chi connectivity index (χ1) is 10.5. The summed E-state index contributed by atoms with van der Waals surface area (Å²) < 4.78 is 1.52. The fourth-order valence-corrected chi connectivity index (χ4v) is 2.37. The lowest BCUT2D eigenvalue weighted by Gasteiger charge is -2.18. The average Bonchev–Trinajstić information content (AvgIpc) is 2.50. The highest BCUT2D eigenvalue weighted by molar-refractivity contribution is 6.42. The number of hydrogen-bond donors (Lipinski definition) is 0. The van der Waals surface area contributed by atoms with Crippen LogP contribution in [-0.2, 0) is 17.9 Å². The number of hydrogen-bond acceptors (Lipinski definition) is 2. The van der Waals surface area contributed by atoms with Crippen LogP contribution in [0.15, 0.2) is 47.4 Å². The van der Waals surface area contributed by atoms with E-state index < -0.39 is 0 Å². The van der Waals surface area contributed by atoms with E-state index in [9.17, 15) is 9.59 Å². The maximum atomic E-state index is 12.1. The van der Waals surface area contributed by atoms with E-state index >= 15 is 0 Å². The van der Waals surface area contributed by atoms with Gasteiger partial charge in [0.2, 0.25) is 5.91 Å². The first kappa shape index (κ1) is 16.6. The third-order valence-electron chi connectivity index (χ3n) is 3.30. The predicted octanol–water partition coefficient (Wildman–Crippen LogP) is 3.20. The molecule has 22 heavy (non-hydrogen) atoms. The Morgan fingerprint density at radius 3 is 2.64 bits per heavy atom. The van der Waals surface area contributed by atoms with Crippen LogP contribution in [0, 0.1) is 0 Å². The van der Waals surface area contributed by atoms with E-state index in [1.807, 2.05) is 6.07 Å². The zero-order valence-corrected chi connectivity index (χ0v) is 13.6. The van der Waals surface area contributed by atoms with E-state index in [1.54, 1.807) is 42.4 Å². The summed E-state index contributed by atoms with van der Waals surface area (Å²) in [4.78, 5) is 25.3. The van der Waals surface area contributed by atoms with Gasteiger partial charge in [0.15, 0.2) is 0 Å². The smallest absolute Gasteiger partial charge is 0.250 e. The first-order valence-corrected chi connectivity index (χ1v) is 7.56. The summed E-state index contributed by atoms with van der Waals surface area (Å²) in [5.74, 6) is -0.0400. The zero-order valence-electron chi connectivity index (χ0n) is 12.1. The highest BCUT2D eigenvalue weighted by atomic mass is 35.5. The van der Waals surface area contributed by atoms with E-state index in [1.165, 1.54) is 10.6 Å². The van der Waals surface area contributed by atoms with Gasteiger partial charge in [0.25, 0.3) is 5.56 Å². The molecule has 0 N–H and O–H groups in total. The Kier molecular flexibility index (Phi) is 5.63. The van der Waals surface area contributed by atoms with E-state index in [-0.39, 0.29) is 17.9 Å². The lowest BCUT2D eigenvalue weighted by Crippen LogP contribution is -2.28. The average molecular weight is 339 g/mol. The standard InChI is InChI=1S/C16H16Cl2N2O2/c1-19(11-12-5-6-13(17)14(18)10-12)15(21)7-9-20-8-3-2-4-16(20)22/h2-6,8,10H,7,9,11H2,1H3. The number of amides is 1. The van der Waals surface area contributed by atoms with Crippen LogP contribution in [0.5, 0.6) is 0 Å². The van der Waals surface area contributed by atoms with Crippen LogP contribution in [0.25, 0.3) is 0 Å². The minimum Gasteiger partial charge on any atom is -0.341 e. The molecule has 0 bridgehead atoms. The molecule has 0 atom stereocenters. The number of carbonyl (C=O) groups excluding carboxylic acids is 1. The highest BCUT2D eigenvalue weighted by Crippen LogP contribution is 2.23. The molecule has 0 saturated carbocycles. The number of aromatic nitrogens is 1. The molecule has 0 fully saturated rings. The molecule has 6 heteroatoms. The van der Waals surface area contributed by atoms with Crippen LogP contribution in [0.3, 0.4) is 0 Å². The number of benzene rings is 1. The van der Waals surface area contributed by atoms with Crippen LogP contribution in [0.1, 0.15) is 12.0 Å². The molecular weight excluding hydrogens is 323 g/mol. The first-order valence-electron chi connectivity index (χ1n) is 6.81. The molecule has 0 saturated heterocycles. The van der Waals surface area contributed by atoms with Crippen molar-refractivity contribution in [3.8, 4) is 0 Å². The van der Waals surface area contributed by atoms with Crippen molar-refractivity contribution in [2.24, 2.45) is 0 Å². The molecule has 0 aliphatic carbocycles. The van der Waals surface area contributed by atoms with Gasteiger partial charge in [-0.3, -0.25) is 9.59 Å². The van der Waals surface area contributed by atoms with Gasteiger partial charge in [0, 0.05) is 38.8 Å². The Labute approximate surface area is 138 Å². The molecule has 0 aliphatic rings. The van der Waals surface area contributed by atoms with Gasteiger partial charge in [-0.25, -0.2) is 0 Å². The Balaban J connectivity index is 1.93. The largest absolute Gasteiger partial charge is 0.341 e. The highest BCUT2D eigenvalue weighted by Gasteiger charge is 2.10. The van der Waals surface area contributed by atoms with E-state index in [0.29, 0.717) is 23.1 Å². The number of carbonyl (C=O) groups is 1. The number of pyridine rings is 1. The maximum Gasteiger partial charge on any atom is 0.250 e. The van der Waals surface area contributed by atoms with Gasteiger partial charge < -0.3 is 9.47 Å². The van der Waals surface area contributed by atoms with Gasteiger partial charge in [-0.1, -0.05) is 35.3 Å². The fraction of sp³-hybridized carbons (Fsp3) is 0.250. The molecule has 1 amide bonds. The molecule has 116 valence electrons. The molecular formula is C16H16Cl2N2O2. The SMILES string of the molecule is CN(Cc1ccc(Cl)c(Cl)c1)C(=O)CCn1ccccc1=O. The summed E-state index contributed by atoms with van der Waals surface area (Å²) in [7, 11) is 1.72. The number of rotatable bonds is 5. The van der Waals surface area contributed by atoms with Crippen molar-refractivity contribution in [3.05, 3.63) is 68.6 Å². The number of nitrogens with zero attached hydrogens (tertiary/aromatic N) is 2. The van der Waals surface area contributed by atoms with E-state index in [4.69, 9.17) is 23.2 Å². The summed E-state index contributed by atoms with van der Waals surface area (Å²) in [5, 5.41) is 0.957. The van der Waals surface area contributed by atoms with E-state index in [0.717, 1.165) is 5.56 Å². The molecule has 0 aliphatic heterocycles. The van der Waals surface area contributed by atoms with E-state index in [2.05, 4.69) is 0 Å². The lowest BCUT2D eigenvalue weighted by molar-refractivity contribution is -0.130. The Morgan fingerprint density at radius 1 is 1.18 bits per heavy atom. The summed E-state index contributed by atoms with van der Waals surface area (Å²) in [6.07, 6.45) is 1.94. The van der Waals surface area contributed by atoms with Gasteiger partial charge in [-0.15, -0.1) is 0 Å². The molecule has 1 aromatic carbocycles. The van der Waals surface area contributed by atoms with Crippen molar-refractivity contribution >= 4 is 29.1 Å². The third-order valence-corrected chi connectivity index (χ3v) is 4.03. The number of halogens is 2. The van der Waals surface area contributed by atoms with Crippen molar-refractivity contribution in [2.75, 3.05) is 7.05 Å². The van der Waals surface area contributed by atoms with Crippen molar-refractivity contribution in [1.82, 2.24) is 9.47 Å². The van der Waals surface area contributed by atoms with Crippen LogP contribution < -0.4 is 5.56 Å². The second kappa shape index (κ2) is 7.47.